The van der Waals surface area contributed by atoms with Crippen molar-refractivity contribution in [3.8, 4) is 11.5 Å². The number of hydrogen-bond donors (Lipinski definition) is 3. The molecule has 7 nitrogen and oxygen atoms in total. The van der Waals surface area contributed by atoms with Gasteiger partial charge in [0.1, 0.15) is 17.5 Å². The number of benzene rings is 2. The van der Waals surface area contributed by atoms with E-state index in [1.54, 1.807) is 0 Å². The van der Waals surface area contributed by atoms with Gasteiger partial charge in [0.15, 0.2) is 0 Å². The average Bonchev–Trinajstić information content (AvgIpc) is 3.42. The van der Waals surface area contributed by atoms with Crippen LogP contribution in [0, 0.1) is 5.92 Å². The van der Waals surface area contributed by atoms with Crippen LogP contribution in [0.5, 0.6) is 11.5 Å². The lowest BCUT2D eigenvalue weighted by molar-refractivity contribution is -0.274. The first-order valence-electron chi connectivity index (χ1n) is 10.6. The third kappa shape index (κ3) is 8.09. The van der Waals surface area contributed by atoms with E-state index < -0.39 is 41.8 Å². The highest BCUT2D eigenvalue weighted by Crippen LogP contribution is 2.48. The SMILES string of the molecule is O=C(N[C@@H](Cc1ccc(OC(F)(F)F)cc1)C(=O)NCCO)c1ccc(OC[C@H]2CC2(F)F)cc1. The Morgan fingerprint density at radius 1 is 1.06 bits per heavy atom. The molecule has 0 saturated heterocycles. The number of amides is 2. The number of ether oxygens (including phenoxy) is 2. The van der Waals surface area contributed by atoms with Crippen molar-refractivity contribution in [1.82, 2.24) is 10.6 Å². The largest absolute Gasteiger partial charge is 0.573 e. The van der Waals surface area contributed by atoms with E-state index in [1.165, 1.54) is 36.4 Å². The van der Waals surface area contributed by atoms with Gasteiger partial charge in [-0.05, 0) is 42.0 Å². The van der Waals surface area contributed by atoms with E-state index in [2.05, 4.69) is 15.4 Å². The van der Waals surface area contributed by atoms with Gasteiger partial charge in [-0.2, -0.15) is 0 Å². The van der Waals surface area contributed by atoms with Crippen LogP contribution in [0.3, 0.4) is 0 Å². The lowest BCUT2D eigenvalue weighted by Gasteiger charge is -2.19. The second-order valence-corrected chi connectivity index (χ2v) is 7.93. The monoisotopic (exact) mass is 502 g/mol. The van der Waals surface area contributed by atoms with Crippen LogP contribution in [0.2, 0.25) is 0 Å². The lowest BCUT2D eigenvalue weighted by Crippen LogP contribution is -2.48. The Kier molecular flexibility index (Phi) is 8.15. The molecule has 2 aromatic rings. The molecule has 3 N–H and O–H groups in total. The van der Waals surface area contributed by atoms with Gasteiger partial charge in [-0.25, -0.2) is 8.78 Å². The van der Waals surface area contributed by atoms with E-state index in [9.17, 15) is 31.5 Å². The van der Waals surface area contributed by atoms with Gasteiger partial charge in [-0.1, -0.05) is 12.1 Å². The van der Waals surface area contributed by atoms with E-state index in [1.807, 2.05) is 0 Å². The van der Waals surface area contributed by atoms with Gasteiger partial charge >= 0.3 is 6.36 Å². The number of aliphatic hydroxyl groups is 1. The fourth-order valence-corrected chi connectivity index (χ4v) is 3.17. The first-order chi connectivity index (χ1) is 16.5. The summed E-state index contributed by atoms with van der Waals surface area (Å²) >= 11 is 0. The zero-order valence-electron chi connectivity index (χ0n) is 18.3. The van der Waals surface area contributed by atoms with Gasteiger partial charge in [0.05, 0.1) is 19.1 Å². The molecule has 2 atom stereocenters. The maximum Gasteiger partial charge on any atom is 0.573 e. The molecule has 1 aliphatic carbocycles. The number of carbonyl (C=O) groups is 2. The van der Waals surface area contributed by atoms with Crippen LogP contribution in [0.1, 0.15) is 22.3 Å². The minimum absolute atomic E-state index is 0.0495. The van der Waals surface area contributed by atoms with Crippen molar-refractivity contribution >= 4 is 11.8 Å². The number of halogens is 5. The molecule has 12 heteroatoms. The molecule has 0 heterocycles. The number of alkyl halides is 5. The number of hydrogen-bond acceptors (Lipinski definition) is 5. The Balaban J connectivity index is 1.62. The first kappa shape index (κ1) is 26.2. The number of nitrogens with one attached hydrogen (secondary N) is 2. The molecule has 0 spiro atoms. The Labute approximate surface area is 197 Å². The zero-order valence-corrected chi connectivity index (χ0v) is 18.3. The van der Waals surface area contributed by atoms with Gasteiger partial charge in [0, 0.05) is 24.9 Å². The number of carbonyl (C=O) groups excluding carboxylic acids is 2. The standard InChI is InChI=1S/C23H23F5N2O5/c24-22(25)12-16(22)13-34-17-7-3-15(4-8-17)20(32)30-19(21(33)29-9-10-31)11-14-1-5-18(6-2-14)35-23(26,27)28/h1-8,16,19,31H,9-13H2,(H,29,33)(H,30,32)/t16-,19+/m1/s1. The number of aliphatic hydroxyl groups excluding tert-OH is 1. The quantitative estimate of drug-likeness (QED) is 0.411. The molecular formula is C23H23F5N2O5. The molecular weight excluding hydrogens is 479 g/mol. The summed E-state index contributed by atoms with van der Waals surface area (Å²) in [4.78, 5) is 25.2. The minimum atomic E-state index is -4.84. The molecule has 3 rings (SSSR count). The average molecular weight is 502 g/mol. The predicted molar refractivity (Wildman–Crippen MR) is 113 cm³/mol. The molecule has 2 amide bonds. The summed E-state index contributed by atoms with van der Waals surface area (Å²) in [6, 6.07) is 9.42. The second kappa shape index (κ2) is 10.9. The molecule has 2 aromatic carbocycles. The van der Waals surface area contributed by atoms with Crippen LogP contribution in [0.4, 0.5) is 22.0 Å². The Bertz CT molecular complexity index is 1010. The molecule has 0 bridgehead atoms. The Morgan fingerprint density at radius 3 is 2.20 bits per heavy atom. The van der Waals surface area contributed by atoms with Crippen molar-refractivity contribution in [2.45, 2.75) is 31.2 Å². The molecule has 1 fully saturated rings. The van der Waals surface area contributed by atoms with Gasteiger partial charge in [0.25, 0.3) is 11.8 Å². The lowest BCUT2D eigenvalue weighted by atomic mass is 10.0. The van der Waals surface area contributed by atoms with E-state index in [4.69, 9.17) is 9.84 Å². The fraction of sp³-hybridized carbons (Fsp3) is 0.391. The van der Waals surface area contributed by atoms with Gasteiger partial charge in [0.2, 0.25) is 5.91 Å². The summed E-state index contributed by atoms with van der Waals surface area (Å²) in [5.41, 5.74) is 0.618. The highest BCUT2D eigenvalue weighted by molar-refractivity contribution is 5.97. The number of rotatable bonds is 11. The summed E-state index contributed by atoms with van der Waals surface area (Å²) < 4.78 is 72.0. The van der Waals surface area contributed by atoms with Crippen LogP contribution in [-0.4, -0.2) is 55.0 Å². The molecule has 0 unspecified atom stereocenters. The summed E-state index contributed by atoms with van der Waals surface area (Å²) in [7, 11) is 0. The van der Waals surface area contributed by atoms with Crippen molar-refractivity contribution in [2.75, 3.05) is 19.8 Å². The van der Waals surface area contributed by atoms with E-state index in [-0.39, 0.29) is 38.2 Å². The molecule has 1 saturated carbocycles. The van der Waals surface area contributed by atoms with Crippen LogP contribution in [0.25, 0.3) is 0 Å². The van der Waals surface area contributed by atoms with Gasteiger partial charge < -0.3 is 25.2 Å². The van der Waals surface area contributed by atoms with Crippen LogP contribution >= 0.6 is 0 Å². The van der Waals surface area contributed by atoms with Gasteiger partial charge in [-0.15, -0.1) is 13.2 Å². The molecule has 0 radical (unpaired) electrons. The van der Waals surface area contributed by atoms with Crippen molar-refractivity contribution in [2.24, 2.45) is 5.92 Å². The topological polar surface area (TPSA) is 96.9 Å². The molecule has 0 aromatic heterocycles. The van der Waals surface area contributed by atoms with E-state index in [0.29, 0.717) is 11.3 Å². The highest BCUT2D eigenvalue weighted by Gasteiger charge is 2.57. The summed E-state index contributed by atoms with van der Waals surface area (Å²) in [6.07, 6.45) is -5.11. The normalized spacial score (nSPS) is 17.3. The third-order valence-corrected chi connectivity index (χ3v) is 5.15. The Hall–Kier alpha value is -3.41. The molecule has 35 heavy (non-hydrogen) atoms. The fourth-order valence-electron chi connectivity index (χ4n) is 3.17. The molecule has 0 aliphatic heterocycles. The van der Waals surface area contributed by atoms with Crippen LogP contribution < -0.4 is 20.1 Å². The van der Waals surface area contributed by atoms with Gasteiger partial charge in [-0.3, -0.25) is 9.59 Å². The van der Waals surface area contributed by atoms with Crippen LogP contribution in [0.15, 0.2) is 48.5 Å². The van der Waals surface area contributed by atoms with E-state index in [0.717, 1.165) is 12.1 Å². The minimum Gasteiger partial charge on any atom is -0.493 e. The summed E-state index contributed by atoms with van der Waals surface area (Å²) in [5, 5.41) is 13.9. The highest BCUT2D eigenvalue weighted by atomic mass is 19.4. The zero-order chi connectivity index (χ0) is 25.6. The smallest absolute Gasteiger partial charge is 0.493 e. The molecule has 1 aliphatic rings. The van der Waals surface area contributed by atoms with Crippen molar-refractivity contribution < 1.29 is 46.1 Å². The summed E-state index contributed by atoms with van der Waals surface area (Å²) in [6.45, 7) is -0.530. The van der Waals surface area contributed by atoms with Crippen molar-refractivity contribution in [3.63, 3.8) is 0 Å². The second-order valence-electron chi connectivity index (χ2n) is 7.93. The maximum absolute atomic E-state index is 12.9. The third-order valence-electron chi connectivity index (χ3n) is 5.15. The first-order valence-corrected chi connectivity index (χ1v) is 10.6. The van der Waals surface area contributed by atoms with Crippen molar-refractivity contribution in [3.05, 3.63) is 59.7 Å². The van der Waals surface area contributed by atoms with E-state index >= 15 is 0 Å². The molecule has 190 valence electrons. The predicted octanol–water partition coefficient (Wildman–Crippen LogP) is 3.07. The maximum atomic E-state index is 12.9. The Morgan fingerprint density at radius 2 is 1.66 bits per heavy atom. The van der Waals surface area contributed by atoms with Crippen LogP contribution in [-0.2, 0) is 11.2 Å². The van der Waals surface area contributed by atoms with Crippen molar-refractivity contribution in [1.29, 1.82) is 0 Å². The summed E-state index contributed by atoms with van der Waals surface area (Å²) in [5.74, 6) is -4.86.